The molecule has 0 saturated carbocycles. The Kier molecular flexibility index (Phi) is 6.61. The maximum Gasteiger partial charge on any atom is 0.0640 e. The second-order valence-electron chi connectivity index (χ2n) is 12.5. The molecule has 230 valence electrons. The first-order valence-electron chi connectivity index (χ1n) is 16.6. The van der Waals surface area contributed by atoms with Gasteiger partial charge >= 0.3 is 0 Å². The third-order valence-corrected chi connectivity index (χ3v) is 12.1. The monoisotopic (exact) mass is 659 g/mol. The summed E-state index contributed by atoms with van der Waals surface area (Å²) in [7, 11) is 0. The fourth-order valence-corrected chi connectivity index (χ4v) is 9.77. The fraction of sp³-hybridized carbons (Fsp3) is 0. The molecule has 0 fully saturated rings. The number of fused-ring (bicyclic) bond motifs is 7. The summed E-state index contributed by atoms with van der Waals surface area (Å²) in [5.74, 6) is 0. The van der Waals surface area contributed by atoms with Crippen LogP contribution in [0.25, 0.3) is 73.4 Å². The van der Waals surface area contributed by atoms with Crippen molar-refractivity contribution in [2.75, 3.05) is 4.90 Å². The Hall–Kier alpha value is -5.74. The van der Waals surface area contributed by atoms with Crippen LogP contribution in [0, 0.1) is 0 Å². The van der Waals surface area contributed by atoms with E-state index in [1.807, 2.05) is 22.7 Å². The molecule has 10 rings (SSSR count). The standard InChI is InChI=1S/C46H29NS2/c1-2-11-30(12-3-1)32-25-28-36-33(29-32)13-8-16-35(36)31-23-26-34(27-24-31)47(41-19-9-17-39-37-14-4-6-21-43(37)48-45(39)41)42-20-10-18-40-38-15-5-7-22-44(38)49-46(40)42/h1-29H. The number of hydrogen-bond acceptors (Lipinski definition) is 3. The average molecular weight is 660 g/mol. The average Bonchev–Trinajstić information content (AvgIpc) is 3.75. The highest BCUT2D eigenvalue weighted by Crippen LogP contribution is 2.49. The van der Waals surface area contributed by atoms with Gasteiger partial charge in [0.25, 0.3) is 0 Å². The second kappa shape index (κ2) is 11.5. The van der Waals surface area contributed by atoms with Gasteiger partial charge in [0.15, 0.2) is 0 Å². The van der Waals surface area contributed by atoms with Crippen LogP contribution < -0.4 is 4.90 Å². The molecule has 8 aromatic carbocycles. The third-order valence-electron chi connectivity index (χ3n) is 9.67. The molecule has 0 atom stereocenters. The van der Waals surface area contributed by atoms with Crippen LogP contribution in [0.4, 0.5) is 17.1 Å². The molecule has 0 spiro atoms. The third kappa shape index (κ3) is 4.66. The zero-order valence-corrected chi connectivity index (χ0v) is 28.1. The Labute approximate surface area is 292 Å². The van der Waals surface area contributed by atoms with Crippen molar-refractivity contribution in [3.63, 3.8) is 0 Å². The van der Waals surface area contributed by atoms with Gasteiger partial charge in [-0.05, 0) is 75.5 Å². The molecule has 0 aliphatic carbocycles. The van der Waals surface area contributed by atoms with Crippen molar-refractivity contribution in [2.45, 2.75) is 0 Å². The van der Waals surface area contributed by atoms with Crippen molar-refractivity contribution in [2.24, 2.45) is 0 Å². The van der Waals surface area contributed by atoms with Crippen LogP contribution in [-0.2, 0) is 0 Å². The van der Waals surface area contributed by atoms with Crippen molar-refractivity contribution < 1.29 is 0 Å². The molecule has 0 aliphatic rings. The Morgan fingerprint density at radius 2 is 0.898 bits per heavy atom. The number of rotatable bonds is 5. The summed E-state index contributed by atoms with van der Waals surface area (Å²) in [5.41, 5.74) is 8.48. The van der Waals surface area contributed by atoms with E-state index in [1.165, 1.54) is 84.7 Å². The predicted molar refractivity (Wildman–Crippen MR) is 215 cm³/mol. The highest BCUT2D eigenvalue weighted by Gasteiger charge is 2.21. The van der Waals surface area contributed by atoms with Gasteiger partial charge in [-0.15, -0.1) is 22.7 Å². The summed E-state index contributed by atoms with van der Waals surface area (Å²) in [5, 5.41) is 7.73. The Morgan fingerprint density at radius 1 is 0.347 bits per heavy atom. The highest BCUT2D eigenvalue weighted by atomic mass is 32.1. The number of anilines is 3. The van der Waals surface area contributed by atoms with Crippen LogP contribution in [0.3, 0.4) is 0 Å². The van der Waals surface area contributed by atoms with Gasteiger partial charge < -0.3 is 4.90 Å². The molecule has 2 aromatic heterocycles. The van der Waals surface area contributed by atoms with Crippen LogP contribution >= 0.6 is 22.7 Å². The summed E-state index contributed by atoms with van der Waals surface area (Å²) in [6.07, 6.45) is 0. The molecule has 0 aliphatic heterocycles. The summed E-state index contributed by atoms with van der Waals surface area (Å²) in [4.78, 5) is 2.48. The first kappa shape index (κ1) is 28.3. The summed E-state index contributed by atoms with van der Waals surface area (Å²) >= 11 is 3.76. The van der Waals surface area contributed by atoms with Crippen molar-refractivity contribution in [1.82, 2.24) is 0 Å². The van der Waals surface area contributed by atoms with E-state index in [0.29, 0.717) is 0 Å². The number of hydrogen-bond donors (Lipinski definition) is 0. The van der Waals surface area contributed by atoms with Crippen molar-refractivity contribution in [3.8, 4) is 22.3 Å². The van der Waals surface area contributed by atoms with E-state index in [1.54, 1.807) is 0 Å². The van der Waals surface area contributed by atoms with E-state index in [-0.39, 0.29) is 0 Å². The van der Waals surface area contributed by atoms with Crippen LogP contribution in [0.5, 0.6) is 0 Å². The van der Waals surface area contributed by atoms with Crippen LogP contribution in [0.15, 0.2) is 176 Å². The molecule has 0 unspecified atom stereocenters. The molecular weight excluding hydrogens is 631 g/mol. The Bertz CT molecular complexity index is 2710. The molecule has 0 amide bonds. The molecule has 0 radical (unpaired) electrons. The second-order valence-corrected chi connectivity index (χ2v) is 14.6. The lowest BCUT2D eigenvalue weighted by Crippen LogP contribution is -2.10. The number of thiophene rings is 2. The minimum Gasteiger partial charge on any atom is -0.308 e. The predicted octanol–water partition coefficient (Wildman–Crippen LogP) is 14.4. The highest BCUT2D eigenvalue weighted by molar-refractivity contribution is 7.27. The first-order valence-corrected chi connectivity index (χ1v) is 18.2. The van der Waals surface area contributed by atoms with Gasteiger partial charge in [0.05, 0.1) is 20.8 Å². The van der Waals surface area contributed by atoms with Crippen LogP contribution in [-0.4, -0.2) is 0 Å². The number of nitrogens with zero attached hydrogens (tertiary/aromatic N) is 1. The van der Waals surface area contributed by atoms with E-state index >= 15 is 0 Å². The smallest absolute Gasteiger partial charge is 0.0640 e. The van der Waals surface area contributed by atoms with Crippen molar-refractivity contribution in [1.29, 1.82) is 0 Å². The molecule has 0 bridgehead atoms. The topological polar surface area (TPSA) is 3.24 Å². The lowest BCUT2D eigenvalue weighted by atomic mass is 9.95. The molecule has 2 heterocycles. The minimum atomic E-state index is 1.14. The Balaban J connectivity index is 1.15. The van der Waals surface area contributed by atoms with Crippen molar-refractivity contribution in [3.05, 3.63) is 176 Å². The number of benzene rings is 8. The van der Waals surface area contributed by atoms with E-state index < -0.39 is 0 Å². The van der Waals surface area contributed by atoms with Crippen LogP contribution in [0.2, 0.25) is 0 Å². The van der Waals surface area contributed by atoms with Gasteiger partial charge in [-0.2, -0.15) is 0 Å². The normalized spacial score (nSPS) is 11.7. The SMILES string of the molecule is c1ccc(-c2ccc3c(-c4ccc(N(c5cccc6c5sc5ccccc56)c5cccc6c5sc5ccccc56)cc4)cccc3c2)cc1. The zero-order valence-electron chi connectivity index (χ0n) is 26.5. The Morgan fingerprint density at radius 3 is 1.55 bits per heavy atom. The summed E-state index contributed by atoms with van der Waals surface area (Å²) in [6.45, 7) is 0. The molecule has 0 saturated heterocycles. The summed E-state index contributed by atoms with van der Waals surface area (Å²) < 4.78 is 5.22. The largest absolute Gasteiger partial charge is 0.308 e. The molecule has 49 heavy (non-hydrogen) atoms. The van der Waals surface area contributed by atoms with E-state index in [4.69, 9.17) is 0 Å². The van der Waals surface area contributed by atoms with Gasteiger partial charge in [-0.3, -0.25) is 0 Å². The molecule has 1 nitrogen and oxygen atoms in total. The van der Waals surface area contributed by atoms with Gasteiger partial charge in [0.2, 0.25) is 0 Å². The van der Waals surface area contributed by atoms with Gasteiger partial charge in [0, 0.05) is 36.6 Å². The van der Waals surface area contributed by atoms with Crippen molar-refractivity contribution >= 4 is 90.9 Å². The van der Waals surface area contributed by atoms with Crippen LogP contribution in [0.1, 0.15) is 0 Å². The first-order chi connectivity index (χ1) is 24.3. The quantitative estimate of drug-likeness (QED) is 0.178. The van der Waals surface area contributed by atoms with Gasteiger partial charge in [0.1, 0.15) is 0 Å². The molecule has 0 N–H and O–H groups in total. The lowest BCUT2D eigenvalue weighted by molar-refractivity contribution is 1.32. The van der Waals surface area contributed by atoms with E-state index in [2.05, 4.69) is 181 Å². The van der Waals surface area contributed by atoms with E-state index in [0.717, 1.165) is 5.69 Å². The zero-order chi connectivity index (χ0) is 32.3. The maximum atomic E-state index is 2.48. The fourth-order valence-electron chi connectivity index (χ4n) is 7.36. The minimum absolute atomic E-state index is 1.14. The maximum absolute atomic E-state index is 2.48. The molecular formula is C46H29NS2. The summed E-state index contributed by atoms with van der Waals surface area (Å²) in [6, 6.07) is 64.3. The van der Waals surface area contributed by atoms with Gasteiger partial charge in [-0.25, -0.2) is 0 Å². The lowest BCUT2D eigenvalue weighted by Gasteiger charge is -2.27. The molecule has 10 aromatic rings. The van der Waals surface area contributed by atoms with Gasteiger partial charge in [-0.1, -0.05) is 133 Å². The molecule has 3 heteroatoms. The van der Waals surface area contributed by atoms with E-state index in [9.17, 15) is 0 Å².